The Morgan fingerprint density at radius 2 is 2.13 bits per heavy atom. The fraction of sp³-hybridized carbons (Fsp3) is 0.385. The third kappa shape index (κ3) is 1.92. The normalized spacial score (nSPS) is 18.2. The van der Waals surface area contributed by atoms with Gasteiger partial charge in [-0.25, -0.2) is 0 Å². The van der Waals surface area contributed by atoms with Gasteiger partial charge in [-0.05, 0) is 37.3 Å². The molecule has 2 heteroatoms. The van der Waals surface area contributed by atoms with Crippen LogP contribution >= 0.6 is 11.3 Å². The number of hydrogen-bond acceptors (Lipinski definition) is 2. The Labute approximate surface area is 94.1 Å². The average molecular weight is 217 g/mol. The Hall–Kier alpha value is -0.860. The zero-order valence-electron chi connectivity index (χ0n) is 8.86. The molecule has 1 aliphatic carbocycles. The van der Waals surface area contributed by atoms with E-state index in [2.05, 4.69) is 42.6 Å². The summed E-state index contributed by atoms with van der Waals surface area (Å²) in [5.41, 5.74) is 0. The van der Waals surface area contributed by atoms with E-state index in [0.29, 0.717) is 6.04 Å². The van der Waals surface area contributed by atoms with E-state index < -0.39 is 0 Å². The summed E-state index contributed by atoms with van der Waals surface area (Å²) < 4.78 is 1.40. The zero-order valence-corrected chi connectivity index (χ0v) is 9.68. The summed E-state index contributed by atoms with van der Waals surface area (Å²) in [6.07, 6.45) is 2.71. The Balaban J connectivity index is 1.89. The van der Waals surface area contributed by atoms with E-state index in [0.717, 1.165) is 6.04 Å². The second-order valence-corrected chi connectivity index (χ2v) is 5.46. The van der Waals surface area contributed by atoms with Crippen molar-refractivity contribution in [2.24, 2.45) is 0 Å². The van der Waals surface area contributed by atoms with E-state index >= 15 is 0 Å². The summed E-state index contributed by atoms with van der Waals surface area (Å²) in [5, 5.41) is 5.02. The molecule has 0 radical (unpaired) electrons. The maximum Gasteiger partial charge on any atom is 0.0388 e. The van der Waals surface area contributed by atoms with Crippen molar-refractivity contribution in [1.29, 1.82) is 0 Å². The van der Waals surface area contributed by atoms with Crippen LogP contribution in [0.5, 0.6) is 0 Å². The Morgan fingerprint density at radius 3 is 2.87 bits per heavy atom. The summed E-state index contributed by atoms with van der Waals surface area (Å²) in [5.74, 6) is 0. The fourth-order valence-corrected chi connectivity index (χ4v) is 2.98. The van der Waals surface area contributed by atoms with Crippen LogP contribution in [0.3, 0.4) is 0 Å². The van der Waals surface area contributed by atoms with Crippen LogP contribution in [0.4, 0.5) is 0 Å². The molecule has 1 fully saturated rings. The third-order valence-corrected chi connectivity index (χ3v) is 4.23. The number of benzene rings is 1. The predicted octanol–water partition coefficient (Wildman–Crippen LogP) is 3.71. The lowest BCUT2D eigenvalue weighted by atomic mass is 10.2. The highest BCUT2D eigenvalue weighted by Crippen LogP contribution is 2.31. The molecule has 78 valence electrons. The van der Waals surface area contributed by atoms with Crippen LogP contribution in [0.15, 0.2) is 30.3 Å². The van der Waals surface area contributed by atoms with Gasteiger partial charge in [-0.2, -0.15) is 0 Å². The van der Waals surface area contributed by atoms with Gasteiger partial charge in [0, 0.05) is 21.7 Å². The first-order chi connectivity index (χ1) is 7.33. The number of thiophene rings is 1. The predicted molar refractivity (Wildman–Crippen MR) is 66.4 cm³/mol. The molecule has 1 atom stereocenters. The molecule has 1 N–H and O–H groups in total. The van der Waals surface area contributed by atoms with Gasteiger partial charge in [0.1, 0.15) is 0 Å². The van der Waals surface area contributed by atoms with Crippen molar-refractivity contribution in [3.05, 3.63) is 35.2 Å². The lowest BCUT2D eigenvalue weighted by Crippen LogP contribution is -2.19. The molecule has 1 aromatic heterocycles. The van der Waals surface area contributed by atoms with Gasteiger partial charge in [0.25, 0.3) is 0 Å². The molecular weight excluding hydrogens is 202 g/mol. The summed E-state index contributed by atoms with van der Waals surface area (Å²) in [6, 6.07) is 12.2. The van der Waals surface area contributed by atoms with E-state index in [1.54, 1.807) is 0 Å². The minimum Gasteiger partial charge on any atom is -0.307 e. The monoisotopic (exact) mass is 217 g/mol. The highest BCUT2D eigenvalue weighted by molar-refractivity contribution is 7.19. The van der Waals surface area contributed by atoms with Crippen LogP contribution in [-0.2, 0) is 0 Å². The average Bonchev–Trinajstić information content (AvgIpc) is 2.95. The van der Waals surface area contributed by atoms with Gasteiger partial charge in [-0.15, -0.1) is 11.3 Å². The van der Waals surface area contributed by atoms with Crippen LogP contribution in [-0.4, -0.2) is 6.04 Å². The Kier molecular flexibility index (Phi) is 2.26. The van der Waals surface area contributed by atoms with Gasteiger partial charge in [0.05, 0.1) is 0 Å². The zero-order chi connectivity index (χ0) is 10.3. The molecular formula is C13H15NS. The molecule has 1 saturated carbocycles. The van der Waals surface area contributed by atoms with Crippen molar-refractivity contribution in [3.8, 4) is 0 Å². The minimum absolute atomic E-state index is 0.509. The van der Waals surface area contributed by atoms with E-state index in [-0.39, 0.29) is 0 Å². The highest BCUT2D eigenvalue weighted by Gasteiger charge is 2.23. The Bertz CT molecular complexity index is 437. The highest BCUT2D eigenvalue weighted by atomic mass is 32.1. The van der Waals surface area contributed by atoms with E-state index in [9.17, 15) is 0 Å². The number of nitrogens with one attached hydrogen (secondary N) is 1. The second-order valence-electron chi connectivity index (χ2n) is 4.35. The van der Waals surface area contributed by atoms with Gasteiger partial charge in [0.15, 0.2) is 0 Å². The van der Waals surface area contributed by atoms with Crippen molar-refractivity contribution in [2.45, 2.75) is 31.8 Å². The van der Waals surface area contributed by atoms with E-state index in [4.69, 9.17) is 0 Å². The van der Waals surface area contributed by atoms with Gasteiger partial charge >= 0.3 is 0 Å². The smallest absolute Gasteiger partial charge is 0.0388 e. The summed E-state index contributed by atoms with van der Waals surface area (Å²) in [4.78, 5) is 1.46. The SMILES string of the molecule is C[C@H](NC1CC1)c1cc2ccccc2s1. The third-order valence-electron chi connectivity index (χ3n) is 2.93. The molecule has 0 saturated heterocycles. The number of rotatable bonds is 3. The number of hydrogen-bond donors (Lipinski definition) is 1. The topological polar surface area (TPSA) is 12.0 Å². The molecule has 0 unspecified atom stereocenters. The maximum absolute atomic E-state index is 3.64. The number of fused-ring (bicyclic) bond motifs is 1. The first kappa shape index (κ1) is 9.37. The van der Waals surface area contributed by atoms with Crippen molar-refractivity contribution in [2.75, 3.05) is 0 Å². The van der Waals surface area contributed by atoms with Gasteiger partial charge in [-0.3, -0.25) is 0 Å². The molecule has 0 aliphatic heterocycles. The summed E-state index contributed by atoms with van der Waals surface area (Å²) in [7, 11) is 0. The van der Waals surface area contributed by atoms with Gasteiger partial charge in [-0.1, -0.05) is 18.2 Å². The summed E-state index contributed by atoms with van der Waals surface area (Å²) in [6.45, 7) is 2.27. The van der Waals surface area contributed by atoms with Crippen molar-refractivity contribution < 1.29 is 0 Å². The molecule has 2 aromatic rings. The van der Waals surface area contributed by atoms with Crippen LogP contribution < -0.4 is 5.32 Å². The van der Waals surface area contributed by atoms with Crippen LogP contribution in [0.1, 0.15) is 30.7 Å². The van der Waals surface area contributed by atoms with E-state index in [1.807, 2.05) is 11.3 Å². The lowest BCUT2D eigenvalue weighted by molar-refractivity contribution is 0.579. The molecule has 0 spiro atoms. The molecule has 1 heterocycles. The standard InChI is InChI=1S/C13H15NS/c1-9(14-11-6-7-11)13-8-10-4-2-3-5-12(10)15-13/h2-5,8-9,11,14H,6-7H2,1H3/t9-/m0/s1. The minimum atomic E-state index is 0.509. The molecule has 1 aliphatic rings. The first-order valence-electron chi connectivity index (χ1n) is 5.57. The van der Waals surface area contributed by atoms with Crippen molar-refractivity contribution in [1.82, 2.24) is 5.32 Å². The van der Waals surface area contributed by atoms with E-state index in [1.165, 1.54) is 27.8 Å². The Morgan fingerprint density at radius 1 is 1.33 bits per heavy atom. The maximum atomic E-state index is 3.64. The van der Waals surface area contributed by atoms with Crippen LogP contribution in [0, 0.1) is 0 Å². The molecule has 0 bridgehead atoms. The first-order valence-corrected chi connectivity index (χ1v) is 6.39. The molecule has 15 heavy (non-hydrogen) atoms. The van der Waals surface area contributed by atoms with Crippen LogP contribution in [0.25, 0.3) is 10.1 Å². The quantitative estimate of drug-likeness (QED) is 0.826. The second kappa shape index (κ2) is 3.62. The fourth-order valence-electron chi connectivity index (χ4n) is 1.90. The van der Waals surface area contributed by atoms with Crippen LogP contribution in [0.2, 0.25) is 0 Å². The largest absolute Gasteiger partial charge is 0.307 e. The summed E-state index contributed by atoms with van der Waals surface area (Å²) >= 11 is 1.91. The molecule has 0 amide bonds. The molecule has 1 aromatic carbocycles. The van der Waals surface area contributed by atoms with Gasteiger partial charge < -0.3 is 5.32 Å². The van der Waals surface area contributed by atoms with Crippen molar-refractivity contribution in [3.63, 3.8) is 0 Å². The lowest BCUT2D eigenvalue weighted by Gasteiger charge is -2.10. The van der Waals surface area contributed by atoms with Crippen molar-refractivity contribution >= 4 is 21.4 Å². The molecule has 3 rings (SSSR count). The van der Waals surface area contributed by atoms with Gasteiger partial charge in [0.2, 0.25) is 0 Å². The molecule has 1 nitrogen and oxygen atoms in total.